The zero-order valence-corrected chi connectivity index (χ0v) is 9.73. The fourth-order valence-electron chi connectivity index (χ4n) is 1.04. The SMILES string of the molecule is COC(C)CSc1cc(C)ccc1N. The van der Waals surface area contributed by atoms with Crippen molar-refractivity contribution in [3.8, 4) is 0 Å². The van der Waals surface area contributed by atoms with Crippen molar-refractivity contribution in [2.75, 3.05) is 18.6 Å². The third kappa shape index (κ3) is 3.24. The molecule has 2 N–H and O–H groups in total. The topological polar surface area (TPSA) is 35.2 Å². The maximum atomic E-state index is 5.86. The van der Waals surface area contributed by atoms with E-state index >= 15 is 0 Å². The highest BCUT2D eigenvalue weighted by molar-refractivity contribution is 7.99. The maximum Gasteiger partial charge on any atom is 0.0637 e. The molecular formula is C11H17NOS. The Morgan fingerprint density at radius 3 is 2.86 bits per heavy atom. The van der Waals surface area contributed by atoms with Crippen molar-refractivity contribution in [2.24, 2.45) is 0 Å². The molecule has 0 fully saturated rings. The molecule has 0 aliphatic carbocycles. The molecular weight excluding hydrogens is 194 g/mol. The summed E-state index contributed by atoms with van der Waals surface area (Å²) in [5.41, 5.74) is 7.95. The third-order valence-electron chi connectivity index (χ3n) is 2.04. The van der Waals surface area contributed by atoms with Crippen LogP contribution in [0.15, 0.2) is 23.1 Å². The Hall–Kier alpha value is -0.670. The van der Waals surface area contributed by atoms with Crippen molar-refractivity contribution in [1.82, 2.24) is 0 Å². The van der Waals surface area contributed by atoms with Gasteiger partial charge in [-0.2, -0.15) is 0 Å². The molecule has 0 saturated carbocycles. The van der Waals surface area contributed by atoms with Crippen LogP contribution < -0.4 is 5.73 Å². The van der Waals surface area contributed by atoms with Gasteiger partial charge in [-0.25, -0.2) is 0 Å². The summed E-state index contributed by atoms with van der Waals surface area (Å²) in [6, 6.07) is 6.09. The monoisotopic (exact) mass is 211 g/mol. The molecule has 1 atom stereocenters. The molecule has 1 rings (SSSR count). The number of rotatable bonds is 4. The van der Waals surface area contributed by atoms with Crippen molar-refractivity contribution in [2.45, 2.75) is 24.8 Å². The lowest BCUT2D eigenvalue weighted by Gasteiger charge is -2.10. The van der Waals surface area contributed by atoms with Crippen LogP contribution in [-0.4, -0.2) is 19.0 Å². The normalized spacial score (nSPS) is 12.8. The van der Waals surface area contributed by atoms with Crippen LogP contribution in [0.5, 0.6) is 0 Å². The van der Waals surface area contributed by atoms with Crippen LogP contribution in [0.2, 0.25) is 0 Å². The Bertz CT molecular complexity index is 301. The standard InChI is InChI=1S/C11H17NOS/c1-8-4-5-10(12)11(6-8)14-7-9(2)13-3/h4-6,9H,7,12H2,1-3H3. The number of hydrogen-bond donors (Lipinski definition) is 1. The van der Waals surface area contributed by atoms with Crippen molar-refractivity contribution < 1.29 is 4.74 Å². The lowest BCUT2D eigenvalue weighted by atomic mass is 10.2. The van der Waals surface area contributed by atoms with Gasteiger partial charge in [0.25, 0.3) is 0 Å². The summed E-state index contributed by atoms with van der Waals surface area (Å²) >= 11 is 1.74. The number of methoxy groups -OCH3 is 1. The predicted molar refractivity (Wildman–Crippen MR) is 62.8 cm³/mol. The second kappa shape index (κ2) is 5.27. The van der Waals surface area contributed by atoms with Crippen molar-refractivity contribution >= 4 is 17.4 Å². The highest BCUT2D eigenvalue weighted by atomic mass is 32.2. The van der Waals surface area contributed by atoms with Gasteiger partial charge < -0.3 is 10.5 Å². The highest BCUT2D eigenvalue weighted by Crippen LogP contribution is 2.26. The van der Waals surface area contributed by atoms with Crippen molar-refractivity contribution in [1.29, 1.82) is 0 Å². The fourth-order valence-corrected chi connectivity index (χ4v) is 2.10. The number of benzene rings is 1. The Morgan fingerprint density at radius 2 is 2.21 bits per heavy atom. The van der Waals surface area contributed by atoms with Gasteiger partial charge in [0.1, 0.15) is 0 Å². The number of nitrogen functional groups attached to an aromatic ring is 1. The molecule has 0 aliphatic rings. The fraction of sp³-hybridized carbons (Fsp3) is 0.455. The molecule has 2 nitrogen and oxygen atoms in total. The van der Waals surface area contributed by atoms with E-state index in [2.05, 4.69) is 19.9 Å². The molecule has 78 valence electrons. The van der Waals surface area contributed by atoms with Crippen LogP contribution in [0.4, 0.5) is 5.69 Å². The van der Waals surface area contributed by atoms with Crippen LogP contribution in [0.1, 0.15) is 12.5 Å². The quantitative estimate of drug-likeness (QED) is 0.614. The van der Waals surface area contributed by atoms with E-state index in [0.29, 0.717) is 0 Å². The highest BCUT2D eigenvalue weighted by Gasteiger charge is 2.04. The minimum absolute atomic E-state index is 0.264. The third-order valence-corrected chi connectivity index (χ3v) is 3.35. The van der Waals surface area contributed by atoms with E-state index in [9.17, 15) is 0 Å². The van der Waals surface area contributed by atoms with E-state index in [4.69, 9.17) is 10.5 Å². The second-order valence-electron chi connectivity index (χ2n) is 3.40. The maximum absolute atomic E-state index is 5.86. The first kappa shape index (κ1) is 11.4. The van der Waals surface area contributed by atoms with Gasteiger partial charge in [0.2, 0.25) is 0 Å². The van der Waals surface area contributed by atoms with Gasteiger partial charge in [0.15, 0.2) is 0 Å². The summed E-state index contributed by atoms with van der Waals surface area (Å²) < 4.78 is 5.18. The minimum Gasteiger partial charge on any atom is -0.398 e. The van der Waals surface area contributed by atoms with E-state index in [1.165, 1.54) is 5.56 Å². The van der Waals surface area contributed by atoms with E-state index < -0.39 is 0 Å². The van der Waals surface area contributed by atoms with Gasteiger partial charge in [0.05, 0.1) is 6.10 Å². The van der Waals surface area contributed by atoms with Gasteiger partial charge in [0, 0.05) is 23.4 Å². The Balaban J connectivity index is 2.62. The lowest BCUT2D eigenvalue weighted by Crippen LogP contribution is -2.07. The minimum atomic E-state index is 0.264. The van der Waals surface area contributed by atoms with Crippen LogP contribution >= 0.6 is 11.8 Å². The molecule has 3 heteroatoms. The van der Waals surface area contributed by atoms with E-state index in [0.717, 1.165) is 16.3 Å². The number of aryl methyl sites for hydroxylation is 1. The van der Waals surface area contributed by atoms with Gasteiger partial charge in [-0.3, -0.25) is 0 Å². The largest absolute Gasteiger partial charge is 0.398 e. The molecule has 1 unspecified atom stereocenters. The summed E-state index contributed by atoms with van der Waals surface area (Å²) in [4.78, 5) is 1.15. The van der Waals surface area contributed by atoms with Crippen molar-refractivity contribution in [3.05, 3.63) is 23.8 Å². The molecule has 0 aromatic heterocycles. The van der Waals surface area contributed by atoms with E-state index in [-0.39, 0.29) is 6.10 Å². The van der Waals surface area contributed by atoms with E-state index in [1.54, 1.807) is 18.9 Å². The van der Waals surface area contributed by atoms with Gasteiger partial charge >= 0.3 is 0 Å². The van der Waals surface area contributed by atoms with Crippen LogP contribution in [0.3, 0.4) is 0 Å². The average molecular weight is 211 g/mol. The van der Waals surface area contributed by atoms with Gasteiger partial charge in [-0.15, -0.1) is 11.8 Å². The van der Waals surface area contributed by atoms with Crippen LogP contribution in [-0.2, 0) is 4.74 Å². The second-order valence-corrected chi connectivity index (χ2v) is 4.46. The molecule has 0 amide bonds. The summed E-state index contributed by atoms with van der Waals surface area (Å²) in [5, 5.41) is 0. The Labute approximate surface area is 89.8 Å². The summed E-state index contributed by atoms with van der Waals surface area (Å²) in [6.07, 6.45) is 0.264. The molecule has 0 spiro atoms. The lowest BCUT2D eigenvalue weighted by molar-refractivity contribution is 0.138. The molecule has 0 aliphatic heterocycles. The van der Waals surface area contributed by atoms with Crippen LogP contribution in [0, 0.1) is 6.92 Å². The first-order valence-corrected chi connectivity index (χ1v) is 5.63. The molecule has 0 heterocycles. The predicted octanol–water partition coefficient (Wildman–Crippen LogP) is 2.70. The zero-order chi connectivity index (χ0) is 10.6. The number of hydrogen-bond acceptors (Lipinski definition) is 3. The molecule has 0 radical (unpaired) electrons. The molecule has 0 bridgehead atoms. The molecule has 1 aromatic rings. The first-order valence-electron chi connectivity index (χ1n) is 4.65. The van der Waals surface area contributed by atoms with Crippen LogP contribution in [0.25, 0.3) is 0 Å². The summed E-state index contributed by atoms with van der Waals surface area (Å²) in [7, 11) is 1.73. The van der Waals surface area contributed by atoms with Crippen molar-refractivity contribution in [3.63, 3.8) is 0 Å². The number of thioether (sulfide) groups is 1. The molecule has 14 heavy (non-hydrogen) atoms. The van der Waals surface area contributed by atoms with E-state index in [1.807, 2.05) is 12.1 Å². The summed E-state index contributed by atoms with van der Waals surface area (Å²) in [6.45, 7) is 4.13. The molecule has 1 aromatic carbocycles. The smallest absolute Gasteiger partial charge is 0.0637 e. The first-order chi connectivity index (χ1) is 6.63. The van der Waals surface area contributed by atoms with Gasteiger partial charge in [-0.1, -0.05) is 6.07 Å². The molecule has 0 saturated heterocycles. The Kier molecular flexibility index (Phi) is 4.29. The number of ether oxygens (including phenoxy) is 1. The van der Waals surface area contributed by atoms with Gasteiger partial charge in [-0.05, 0) is 31.5 Å². The number of anilines is 1. The average Bonchev–Trinajstić information content (AvgIpc) is 2.19. The summed E-state index contributed by atoms with van der Waals surface area (Å²) in [5.74, 6) is 0.935. The Morgan fingerprint density at radius 1 is 1.50 bits per heavy atom. The zero-order valence-electron chi connectivity index (χ0n) is 8.91. The number of nitrogens with two attached hydrogens (primary N) is 1.